The van der Waals surface area contributed by atoms with Gasteiger partial charge in [0.25, 0.3) is 5.91 Å². The highest BCUT2D eigenvalue weighted by molar-refractivity contribution is 6.31. The Balaban J connectivity index is 1.37. The zero-order valence-corrected chi connectivity index (χ0v) is 18.7. The number of carbonyl (C=O) groups excluding carboxylic acids is 1. The normalized spacial score (nSPS) is 13.3. The Hall–Kier alpha value is -3.45. The second-order valence-electron chi connectivity index (χ2n) is 8.11. The van der Waals surface area contributed by atoms with Crippen LogP contribution in [-0.4, -0.2) is 30.2 Å². The Labute approximate surface area is 191 Å². The van der Waals surface area contributed by atoms with E-state index in [2.05, 4.69) is 20.4 Å². The van der Waals surface area contributed by atoms with Gasteiger partial charge >= 0.3 is 0 Å². The average molecular weight is 447 g/mol. The van der Waals surface area contributed by atoms with Crippen molar-refractivity contribution >= 4 is 17.5 Å². The van der Waals surface area contributed by atoms with Crippen LogP contribution in [0.3, 0.4) is 0 Å². The van der Waals surface area contributed by atoms with Crippen molar-refractivity contribution in [1.29, 1.82) is 0 Å². The predicted octanol–water partition coefficient (Wildman–Crippen LogP) is 4.53. The molecule has 1 aliphatic carbocycles. The second-order valence-corrected chi connectivity index (χ2v) is 8.52. The van der Waals surface area contributed by atoms with E-state index >= 15 is 0 Å². The molecule has 1 N–H and O–H groups in total. The Morgan fingerprint density at radius 2 is 2.00 bits per heavy atom. The van der Waals surface area contributed by atoms with Crippen molar-refractivity contribution in [2.45, 2.75) is 39.2 Å². The number of halogens is 1. The maximum absolute atomic E-state index is 13.1. The van der Waals surface area contributed by atoms with E-state index in [4.69, 9.17) is 11.6 Å². The van der Waals surface area contributed by atoms with Crippen molar-refractivity contribution in [3.05, 3.63) is 88.4 Å². The molecule has 0 radical (unpaired) electrons. The van der Waals surface area contributed by atoms with Gasteiger partial charge in [0, 0.05) is 36.1 Å². The minimum Gasteiger partial charge on any atom is -0.348 e. The van der Waals surface area contributed by atoms with Crippen molar-refractivity contribution in [2.75, 3.05) is 0 Å². The minimum absolute atomic E-state index is 0.131. The molecule has 32 heavy (non-hydrogen) atoms. The fourth-order valence-electron chi connectivity index (χ4n) is 3.80. The monoisotopic (exact) mass is 446 g/mol. The van der Waals surface area contributed by atoms with Crippen molar-refractivity contribution in [3.63, 3.8) is 0 Å². The fraction of sp³-hybridized carbons (Fsp3) is 0.250. The van der Waals surface area contributed by atoms with E-state index in [0.717, 1.165) is 47.0 Å². The van der Waals surface area contributed by atoms with Gasteiger partial charge in [-0.3, -0.25) is 9.36 Å². The summed E-state index contributed by atoms with van der Waals surface area (Å²) in [5.74, 6) is 1.84. The van der Waals surface area contributed by atoms with E-state index in [1.54, 1.807) is 18.6 Å². The summed E-state index contributed by atoms with van der Waals surface area (Å²) in [6.07, 6.45) is 9.12. The zero-order chi connectivity index (χ0) is 22.2. The quantitative estimate of drug-likeness (QED) is 0.472. The third-order valence-electron chi connectivity index (χ3n) is 5.75. The van der Waals surface area contributed by atoms with Crippen molar-refractivity contribution in [3.8, 4) is 11.5 Å². The van der Waals surface area contributed by atoms with Gasteiger partial charge in [-0.1, -0.05) is 17.7 Å². The average Bonchev–Trinajstić information content (AvgIpc) is 3.38. The van der Waals surface area contributed by atoms with Crippen molar-refractivity contribution < 1.29 is 4.79 Å². The van der Waals surface area contributed by atoms with Crippen LogP contribution in [0.5, 0.6) is 0 Å². The first kappa shape index (κ1) is 20.5. The molecule has 8 heteroatoms. The number of hydrogen-bond acceptors (Lipinski definition) is 4. The molecule has 1 aromatic carbocycles. The minimum atomic E-state index is -0.131. The van der Waals surface area contributed by atoms with Crippen LogP contribution in [0.1, 0.15) is 51.8 Å². The number of benzene rings is 1. The molecule has 1 fully saturated rings. The largest absolute Gasteiger partial charge is 0.348 e. The van der Waals surface area contributed by atoms with Gasteiger partial charge in [-0.2, -0.15) is 5.10 Å². The van der Waals surface area contributed by atoms with Crippen LogP contribution < -0.4 is 5.32 Å². The van der Waals surface area contributed by atoms with Gasteiger partial charge in [0.15, 0.2) is 0 Å². The first-order valence-electron chi connectivity index (χ1n) is 10.6. The summed E-state index contributed by atoms with van der Waals surface area (Å²) >= 11 is 6.33. The number of rotatable bonds is 6. The number of aromatic nitrogens is 5. The number of imidazole rings is 1. The summed E-state index contributed by atoms with van der Waals surface area (Å²) in [6.45, 7) is 4.29. The lowest BCUT2D eigenvalue weighted by molar-refractivity contribution is 0.0950. The topological polar surface area (TPSA) is 77.6 Å². The van der Waals surface area contributed by atoms with Crippen LogP contribution in [0, 0.1) is 13.8 Å². The summed E-state index contributed by atoms with van der Waals surface area (Å²) in [4.78, 5) is 21.7. The molecule has 0 bridgehead atoms. The lowest BCUT2D eigenvalue weighted by atomic mass is 10.1. The van der Waals surface area contributed by atoms with E-state index in [9.17, 15) is 4.79 Å². The maximum atomic E-state index is 13.1. The molecule has 3 aromatic heterocycles. The van der Waals surface area contributed by atoms with Gasteiger partial charge in [0.2, 0.25) is 0 Å². The Morgan fingerprint density at radius 3 is 2.72 bits per heavy atom. The van der Waals surface area contributed by atoms with E-state index < -0.39 is 0 Å². The molecule has 0 saturated heterocycles. The Bertz CT molecular complexity index is 1300. The number of pyridine rings is 1. The van der Waals surface area contributed by atoms with Crippen LogP contribution in [-0.2, 0) is 6.54 Å². The predicted molar refractivity (Wildman–Crippen MR) is 123 cm³/mol. The molecule has 1 amide bonds. The van der Waals surface area contributed by atoms with Gasteiger partial charge in [0.05, 0.1) is 23.1 Å². The summed E-state index contributed by atoms with van der Waals surface area (Å²) < 4.78 is 3.76. The van der Waals surface area contributed by atoms with E-state index in [0.29, 0.717) is 23.0 Å². The highest BCUT2D eigenvalue weighted by atomic mass is 35.5. The molecule has 0 atom stereocenters. The van der Waals surface area contributed by atoms with E-state index in [1.165, 1.54) is 0 Å². The molecule has 7 nitrogen and oxygen atoms in total. The zero-order valence-electron chi connectivity index (χ0n) is 17.9. The SMILES string of the molecule is Cc1ccc(-n2ncc(C(=O)NCc3ccnc(-n4ccnc4C)c3)c2C2CC2)cc1Cl. The number of aryl methyl sites for hydroxylation is 2. The lowest BCUT2D eigenvalue weighted by Crippen LogP contribution is -2.24. The lowest BCUT2D eigenvalue weighted by Gasteiger charge is -2.11. The number of nitrogens with one attached hydrogen (secondary N) is 1. The molecule has 0 aliphatic heterocycles. The van der Waals surface area contributed by atoms with Gasteiger partial charge in [-0.25, -0.2) is 14.6 Å². The first-order valence-corrected chi connectivity index (χ1v) is 11.0. The van der Waals surface area contributed by atoms with Crippen LogP contribution in [0.2, 0.25) is 5.02 Å². The van der Waals surface area contributed by atoms with Crippen LogP contribution in [0.4, 0.5) is 0 Å². The molecular formula is C24H23ClN6O. The number of hydrogen-bond donors (Lipinski definition) is 1. The Kier molecular flexibility index (Phi) is 5.27. The molecule has 162 valence electrons. The molecule has 1 saturated carbocycles. The summed E-state index contributed by atoms with van der Waals surface area (Å²) in [5.41, 5.74) is 4.41. The van der Waals surface area contributed by atoms with Crippen molar-refractivity contribution in [2.24, 2.45) is 0 Å². The summed E-state index contributed by atoms with van der Waals surface area (Å²) in [7, 11) is 0. The third-order valence-corrected chi connectivity index (χ3v) is 6.16. The standard InChI is InChI=1S/C24H23ClN6O/c1-15-3-6-19(12-21(15)25)31-23(18-4-5-18)20(14-29-31)24(32)28-13-17-7-8-27-22(11-17)30-10-9-26-16(30)2/h3,6-12,14,18H,4-5,13H2,1-2H3,(H,28,32). The van der Waals surface area contributed by atoms with Gasteiger partial charge in [-0.15, -0.1) is 0 Å². The highest BCUT2D eigenvalue weighted by Crippen LogP contribution is 2.42. The van der Waals surface area contributed by atoms with Crippen molar-refractivity contribution in [1.82, 2.24) is 29.6 Å². The fourth-order valence-corrected chi connectivity index (χ4v) is 3.98. The molecule has 3 heterocycles. The highest BCUT2D eigenvalue weighted by Gasteiger charge is 2.33. The molecule has 1 aliphatic rings. The van der Waals surface area contributed by atoms with Crippen LogP contribution in [0.25, 0.3) is 11.5 Å². The molecule has 0 unspecified atom stereocenters. The Morgan fingerprint density at radius 1 is 1.16 bits per heavy atom. The summed E-state index contributed by atoms with van der Waals surface area (Å²) in [6, 6.07) is 9.70. The van der Waals surface area contributed by atoms with Gasteiger partial charge in [0.1, 0.15) is 11.6 Å². The molecule has 0 spiro atoms. The van der Waals surface area contributed by atoms with Crippen LogP contribution >= 0.6 is 11.6 Å². The molecular weight excluding hydrogens is 424 g/mol. The van der Waals surface area contributed by atoms with E-state index in [-0.39, 0.29) is 5.91 Å². The first-order chi connectivity index (χ1) is 15.5. The smallest absolute Gasteiger partial charge is 0.255 e. The van der Waals surface area contributed by atoms with E-state index in [1.807, 2.05) is 59.6 Å². The van der Waals surface area contributed by atoms with Gasteiger partial charge < -0.3 is 5.32 Å². The summed E-state index contributed by atoms with van der Waals surface area (Å²) in [5, 5.41) is 8.26. The third kappa shape index (κ3) is 3.91. The number of carbonyl (C=O) groups is 1. The number of amides is 1. The molecule has 5 rings (SSSR count). The van der Waals surface area contributed by atoms with Gasteiger partial charge in [-0.05, 0) is 62.1 Å². The number of nitrogens with zero attached hydrogens (tertiary/aromatic N) is 5. The van der Waals surface area contributed by atoms with Crippen LogP contribution in [0.15, 0.2) is 55.1 Å². The molecule has 4 aromatic rings. The second kappa shape index (κ2) is 8.24. The maximum Gasteiger partial charge on any atom is 0.255 e.